The third kappa shape index (κ3) is 3.69. The van der Waals surface area contributed by atoms with Crippen molar-refractivity contribution in [1.29, 1.82) is 5.26 Å². The molecule has 10 rings (SSSR count). The molecule has 4 aliphatic rings. The van der Waals surface area contributed by atoms with Crippen LogP contribution >= 0.6 is 0 Å². The number of hydrogen-bond donors (Lipinski definition) is 0. The lowest BCUT2D eigenvalue weighted by atomic mass is 9.91. The van der Waals surface area contributed by atoms with Crippen LogP contribution in [0, 0.1) is 11.3 Å². The summed E-state index contributed by atoms with van der Waals surface area (Å²) in [4.78, 5) is 2.50. The van der Waals surface area contributed by atoms with Crippen molar-refractivity contribution in [3.63, 3.8) is 0 Å². The maximum atomic E-state index is 10.7. The van der Waals surface area contributed by atoms with E-state index in [-0.39, 0.29) is 12.0 Å². The topological polar surface area (TPSA) is 36.9 Å². The Morgan fingerprint density at radius 1 is 0.638 bits per heavy atom. The molecule has 0 spiro atoms. The van der Waals surface area contributed by atoms with E-state index in [1.54, 1.807) is 0 Å². The molecular formula is C43H32N4. The molecule has 2 unspecified atom stereocenters. The van der Waals surface area contributed by atoms with Crippen LogP contribution in [0.5, 0.6) is 0 Å². The van der Waals surface area contributed by atoms with Crippen LogP contribution in [0.2, 0.25) is 0 Å². The summed E-state index contributed by atoms with van der Waals surface area (Å²) in [6, 6.07) is 33.2. The summed E-state index contributed by atoms with van der Waals surface area (Å²) in [5, 5.41) is 13.1. The molecule has 0 bridgehead atoms. The second-order valence-electron chi connectivity index (χ2n) is 13.0. The van der Waals surface area contributed by atoms with Crippen molar-refractivity contribution >= 4 is 45.3 Å². The number of hydrogen-bond acceptors (Lipinski definition) is 2. The molecule has 0 N–H and O–H groups in total. The molecule has 47 heavy (non-hydrogen) atoms. The lowest BCUT2D eigenvalue weighted by Gasteiger charge is -2.32. The zero-order chi connectivity index (χ0) is 31.1. The Morgan fingerprint density at radius 2 is 1.26 bits per heavy atom. The third-order valence-corrected chi connectivity index (χ3v) is 10.6. The molecule has 4 heteroatoms. The van der Waals surface area contributed by atoms with Crippen molar-refractivity contribution in [2.75, 3.05) is 4.90 Å². The minimum Gasteiger partial charge on any atom is -0.331 e. The summed E-state index contributed by atoms with van der Waals surface area (Å²) in [6.45, 7) is 0. The molecule has 4 aromatic carbocycles. The molecule has 3 aliphatic carbocycles. The fourth-order valence-corrected chi connectivity index (χ4v) is 8.71. The molecule has 0 fully saturated rings. The largest absolute Gasteiger partial charge is 0.331 e. The number of allylic oxidation sites excluding steroid dienone is 4. The second-order valence-corrected chi connectivity index (χ2v) is 13.0. The highest BCUT2D eigenvalue weighted by Gasteiger charge is 2.39. The Balaban J connectivity index is 1.40. The molecule has 224 valence electrons. The van der Waals surface area contributed by atoms with E-state index >= 15 is 0 Å². The summed E-state index contributed by atoms with van der Waals surface area (Å²) in [5.41, 5.74) is 14.1. The van der Waals surface area contributed by atoms with Crippen LogP contribution in [0.25, 0.3) is 45.3 Å². The number of benzene rings is 4. The van der Waals surface area contributed by atoms with E-state index < -0.39 is 0 Å². The number of fused-ring (bicyclic) bond motifs is 9. The van der Waals surface area contributed by atoms with Gasteiger partial charge in [0.25, 0.3) is 0 Å². The van der Waals surface area contributed by atoms with Crippen molar-refractivity contribution in [2.24, 2.45) is 0 Å². The van der Waals surface area contributed by atoms with Crippen LogP contribution in [0.1, 0.15) is 52.4 Å². The van der Waals surface area contributed by atoms with Crippen LogP contribution in [-0.4, -0.2) is 15.2 Å². The van der Waals surface area contributed by atoms with E-state index in [0.29, 0.717) is 5.56 Å². The molecule has 4 nitrogen and oxygen atoms in total. The van der Waals surface area contributed by atoms with Crippen LogP contribution < -0.4 is 4.90 Å². The molecule has 0 radical (unpaired) electrons. The van der Waals surface area contributed by atoms with Crippen molar-refractivity contribution in [2.45, 2.75) is 37.6 Å². The first-order chi connectivity index (χ1) is 23.3. The van der Waals surface area contributed by atoms with Crippen molar-refractivity contribution in [3.05, 3.63) is 155 Å². The Kier molecular flexibility index (Phi) is 5.68. The summed E-state index contributed by atoms with van der Waals surface area (Å²) < 4.78 is 4.93. The van der Waals surface area contributed by atoms with E-state index in [1.165, 1.54) is 44.5 Å². The number of anilines is 2. The minimum absolute atomic E-state index is 0.0957. The molecule has 6 aromatic rings. The number of para-hydroxylation sites is 3. The molecule has 3 heterocycles. The average molecular weight is 605 g/mol. The van der Waals surface area contributed by atoms with Gasteiger partial charge in [0.15, 0.2) is 0 Å². The monoisotopic (exact) mass is 604 g/mol. The van der Waals surface area contributed by atoms with Gasteiger partial charge >= 0.3 is 0 Å². The fourth-order valence-electron chi connectivity index (χ4n) is 8.71. The summed E-state index contributed by atoms with van der Waals surface area (Å²) in [7, 11) is 0. The Labute approximate surface area is 274 Å². The third-order valence-electron chi connectivity index (χ3n) is 10.6. The molecule has 2 aromatic heterocycles. The summed E-state index contributed by atoms with van der Waals surface area (Å²) in [5.74, 6) is 0.231. The summed E-state index contributed by atoms with van der Waals surface area (Å²) in [6.07, 6.45) is 22.4. The summed E-state index contributed by atoms with van der Waals surface area (Å²) >= 11 is 0. The highest BCUT2D eigenvalue weighted by Crippen LogP contribution is 2.51. The maximum Gasteiger partial charge on any atom is 0.0993 e. The Hall–Kier alpha value is -5.79. The first-order valence-electron chi connectivity index (χ1n) is 16.7. The average Bonchev–Trinajstić information content (AvgIpc) is 3.77. The fraction of sp³-hybridized carbons (Fsp3) is 0.140. The van der Waals surface area contributed by atoms with E-state index in [0.717, 1.165) is 53.8 Å². The Bertz CT molecular complexity index is 2360. The van der Waals surface area contributed by atoms with Crippen LogP contribution in [0.4, 0.5) is 11.4 Å². The first kappa shape index (κ1) is 26.4. The number of nitriles is 1. The number of nitrogens with zero attached hydrogens (tertiary/aromatic N) is 4. The predicted octanol–water partition coefficient (Wildman–Crippen LogP) is 10.1. The van der Waals surface area contributed by atoms with Gasteiger partial charge in [-0.25, -0.2) is 0 Å². The van der Waals surface area contributed by atoms with Gasteiger partial charge < -0.3 is 14.0 Å². The van der Waals surface area contributed by atoms with Gasteiger partial charge in [0.1, 0.15) is 0 Å². The van der Waals surface area contributed by atoms with E-state index in [9.17, 15) is 5.26 Å². The quantitative estimate of drug-likeness (QED) is 0.202. The van der Waals surface area contributed by atoms with Crippen LogP contribution in [0.15, 0.2) is 121 Å². The highest BCUT2D eigenvalue weighted by molar-refractivity contribution is 6.10. The van der Waals surface area contributed by atoms with Crippen molar-refractivity contribution < 1.29 is 0 Å². The Morgan fingerprint density at radius 3 is 1.96 bits per heavy atom. The van der Waals surface area contributed by atoms with Gasteiger partial charge in [-0.15, -0.1) is 0 Å². The van der Waals surface area contributed by atoms with E-state index in [1.807, 2.05) is 0 Å². The standard InChI is InChI=1S/C43H32N4/c44-27-28-25-41(45-35-19-7-1-13-29(35)30-14-2-8-20-36(30)45)43(47-39-23-11-5-17-33(39)34-18-6-12-24-40(34)47)42(26-28)46-37-21-9-3-15-31(37)32-16-4-10-22-38(32)46/h1-2,5-14,17-26,29,35H,3-4,15-16H2. The highest BCUT2D eigenvalue weighted by atomic mass is 15.2. The molecule has 0 saturated carbocycles. The number of aromatic nitrogens is 2. The van der Waals surface area contributed by atoms with Gasteiger partial charge in [0.05, 0.1) is 45.8 Å². The van der Waals surface area contributed by atoms with Gasteiger partial charge in [-0.2, -0.15) is 5.26 Å². The van der Waals surface area contributed by atoms with Crippen molar-refractivity contribution in [3.8, 4) is 17.4 Å². The number of rotatable bonds is 3. The molecule has 1 aliphatic heterocycles. The zero-order valence-electron chi connectivity index (χ0n) is 26.0. The van der Waals surface area contributed by atoms with Gasteiger partial charge in [-0.3, -0.25) is 0 Å². The molecular weight excluding hydrogens is 573 g/mol. The predicted molar refractivity (Wildman–Crippen MR) is 193 cm³/mol. The normalized spacial score (nSPS) is 18.7. The first-order valence-corrected chi connectivity index (χ1v) is 16.7. The minimum atomic E-state index is 0.0957. The molecule has 0 saturated heterocycles. The van der Waals surface area contributed by atoms with Gasteiger partial charge in [-0.1, -0.05) is 91.1 Å². The molecule has 0 amide bonds. The maximum absolute atomic E-state index is 10.7. The van der Waals surface area contributed by atoms with E-state index in [4.69, 9.17) is 0 Å². The molecule has 2 atom stereocenters. The smallest absolute Gasteiger partial charge is 0.0993 e. The lowest BCUT2D eigenvalue weighted by molar-refractivity contribution is 0.743. The zero-order valence-corrected chi connectivity index (χ0v) is 26.0. The van der Waals surface area contributed by atoms with Crippen LogP contribution in [0.3, 0.4) is 0 Å². The lowest BCUT2D eigenvalue weighted by Crippen LogP contribution is -2.30. The van der Waals surface area contributed by atoms with Gasteiger partial charge in [0.2, 0.25) is 0 Å². The van der Waals surface area contributed by atoms with Gasteiger partial charge in [-0.05, 0) is 84.9 Å². The second kappa shape index (κ2) is 10.1. The van der Waals surface area contributed by atoms with Gasteiger partial charge in [0, 0.05) is 33.8 Å². The van der Waals surface area contributed by atoms with Crippen molar-refractivity contribution in [1.82, 2.24) is 9.13 Å². The van der Waals surface area contributed by atoms with E-state index in [2.05, 4.69) is 154 Å². The van der Waals surface area contributed by atoms with Crippen LogP contribution in [-0.2, 0) is 12.8 Å². The SMILES string of the molecule is N#Cc1cc(N2c3ccccc3C3C=CC=CC32)c(-n2c3ccccc3c3ccccc32)c(-n2c3c(c4c2C=CCC4)CCC=C3)c1.